The smallest absolute Gasteiger partial charge is 0.255 e. The normalized spacial score (nSPS) is 23.7. The van der Waals surface area contributed by atoms with Gasteiger partial charge in [0.05, 0.1) is 6.10 Å². The molecule has 0 bridgehead atoms. The van der Waals surface area contributed by atoms with Gasteiger partial charge in [0.25, 0.3) is 5.78 Å². The van der Waals surface area contributed by atoms with Crippen molar-refractivity contribution in [3.63, 3.8) is 0 Å². The van der Waals surface area contributed by atoms with Crippen LogP contribution >= 0.6 is 11.6 Å². The molecule has 0 radical (unpaired) electrons. The molecule has 17 heavy (non-hydrogen) atoms. The van der Waals surface area contributed by atoms with Crippen LogP contribution < -0.4 is 5.32 Å². The van der Waals surface area contributed by atoms with Crippen LogP contribution in [0.2, 0.25) is 5.15 Å². The van der Waals surface area contributed by atoms with E-state index < -0.39 is 0 Å². The van der Waals surface area contributed by atoms with Crippen LogP contribution in [0.25, 0.3) is 5.78 Å². The number of fused-ring (bicyclic) bond motifs is 1. The predicted molar refractivity (Wildman–Crippen MR) is 63.2 cm³/mol. The lowest BCUT2D eigenvalue weighted by Crippen LogP contribution is -2.39. The second-order valence-corrected chi connectivity index (χ2v) is 4.67. The molecule has 0 aromatic carbocycles. The Morgan fingerprint density at radius 2 is 2.29 bits per heavy atom. The summed E-state index contributed by atoms with van der Waals surface area (Å²) in [6, 6.07) is 0.259. The van der Waals surface area contributed by atoms with Gasteiger partial charge in [-0.1, -0.05) is 11.6 Å². The molecule has 0 aliphatic heterocycles. The molecule has 90 valence electrons. The van der Waals surface area contributed by atoms with Crippen molar-refractivity contribution in [2.75, 3.05) is 5.32 Å². The van der Waals surface area contributed by atoms with Crippen LogP contribution in [0.1, 0.15) is 18.4 Å². The highest BCUT2D eigenvalue weighted by Gasteiger charge is 2.28. The van der Waals surface area contributed by atoms with Crippen LogP contribution in [0.15, 0.2) is 6.33 Å². The first kappa shape index (κ1) is 10.7. The minimum atomic E-state index is -0.198. The molecule has 2 N–H and O–H groups in total. The van der Waals surface area contributed by atoms with E-state index in [-0.39, 0.29) is 12.1 Å². The number of rotatable bonds is 2. The Morgan fingerprint density at radius 3 is 3.00 bits per heavy atom. The molecule has 1 fully saturated rings. The van der Waals surface area contributed by atoms with E-state index in [1.54, 1.807) is 4.52 Å². The van der Waals surface area contributed by atoms with Crippen molar-refractivity contribution in [2.24, 2.45) is 0 Å². The minimum Gasteiger partial charge on any atom is -0.393 e. The van der Waals surface area contributed by atoms with Crippen molar-refractivity contribution >= 4 is 23.2 Å². The first-order chi connectivity index (χ1) is 8.15. The lowest BCUT2D eigenvalue weighted by Gasteiger charge is -2.33. The van der Waals surface area contributed by atoms with Gasteiger partial charge in [0, 0.05) is 11.6 Å². The molecule has 3 rings (SSSR count). The molecule has 7 heteroatoms. The van der Waals surface area contributed by atoms with Crippen LogP contribution in [-0.2, 0) is 0 Å². The quantitative estimate of drug-likeness (QED) is 0.782. The fraction of sp³-hybridized carbons (Fsp3) is 0.500. The van der Waals surface area contributed by atoms with Crippen LogP contribution in [-0.4, -0.2) is 36.8 Å². The summed E-state index contributed by atoms with van der Waals surface area (Å²) < 4.78 is 1.63. The number of anilines is 1. The summed E-state index contributed by atoms with van der Waals surface area (Å²) in [5.41, 5.74) is 0.839. The van der Waals surface area contributed by atoms with Gasteiger partial charge in [-0.15, -0.1) is 0 Å². The van der Waals surface area contributed by atoms with Gasteiger partial charge in [-0.25, -0.2) is 0 Å². The summed E-state index contributed by atoms with van der Waals surface area (Å²) in [4.78, 5) is 8.14. The van der Waals surface area contributed by atoms with E-state index in [1.807, 2.05) is 6.92 Å². The average Bonchev–Trinajstić information content (AvgIpc) is 2.69. The number of nitrogens with zero attached hydrogens (tertiary/aromatic N) is 4. The van der Waals surface area contributed by atoms with Gasteiger partial charge in [0.1, 0.15) is 17.3 Å². The molecule has 2 aromatic heterocycles. The molecule has 0 atom stereocenters. The maximum absolute atomic E-state index is 9.28. The Bertz CT molecular complexity index is 563. The zero-order chi connectivity index (χ0) is 12.0. The average molecular weight is 254 g/mol. The SMILES string of the molecule is Cc1c(Cl)nc2ncnn2c1NC1CC(O)C1. The maximum Gasteiger partial charge on any atom is 0.255 e. The topological polar surface area (TPSA) is 75.3 Å². The van der Waals surface area contributed by atoms with Crippen LogP contribution in [0.3, 0.4) is 0 Å². The molecule has 6 nitrogen and oxygen atoms in total. The van der Waals surface area contributed by atoms with Crippen molar-refractivity contribution in [3.8, 4) is 0 Å². The lowest BCUT2D eigenvalue weighted by atomic mass is 9.89. The number of aliphatic hydroxyl groups is 1. The van der Waals surface area contributed by atoms with Crippen molar-refractivity contribution in [1.82, 2.24) is 19.6 Å². The highest BCUT2D eigenvalue weighted by molar-refractivity contribution is 6.30. The van der Waals surface area contributed by atoms with Gasteiger partial charge in [-0.05, 0) is 19.8 Å². The van der Waals surface area contributed by atoms with E-state index in [4.69, 9.17) is 11.6 Å². The van der Waals surface area contributed by atoms with E-state index in [0.29, 0.717) is 10.9 Å². The zero-order valence-corrected chi connectivity index (χ0v) is 10.0. The molecule has 2 heterocycles. The molecule has 0 saturated heterocycles. The third kappa shape index (κ3) is 1.73. The van der Waals surface area contributed by atoms with Crippen LogP contribution in [0.5, 0.6) is 0 Å². The molecule has 2 aromatic rings. The van der Waals surface area contributed by atoms with Crippen molar-refractivity contribution in [3.05, 3.63) is 17.0 Å². The molecule has 0 amide bonds. The molecule has 0 spiro atoms. The van der Waals surface area contributed by atoms with Gasteiger partial charge >= 0.3 is 0 Å². The first-order valence-corrected chi connectivity index (χ1v) is 5.83. The number of aromatic nitrogens is 4. The van der Waals surface area contributed by atoms with Gasteiger partial charge in [0.15, 0.2) is 0 Å². The largest absolute Gasteiger partial charge is 0.393 e. The van der Waals surface area contributed by atoms with E-state index >= 15 is 0 Å². The van der Waals surface area contributed by atoms with Crippen LogP contribution in [0.4, 0.5) is 5.82 Å². The molecule has 1 aliphatic carbocycles. The fourth-order valence-electron chi connectivity index (χ4n) is 1.97. The highest BCUT2D eigenvalue weighted by atomic mass is 35.5. The van der Waals surface area contributed by atoms with Crippen molar-refractivity contribution in [2.45, 2.75) is 31.9 Å². The Hall–Kier alpha value is -1.40. The van der Waals surface area contributed by atoms with Gasteiger partial charge in [-0.3, -0.25) is 0 Å². The second kappa shape index (κ2) is 3.82. The summed E-state index contributed by atoms with van der Waals surface area (Å²) in [5, 5.41) is 17.1. The van der Waals surface area contributed by atoms with E-state index in [9.17, 15) is 5.11 Å². The first-order valence-electron chi connectivity index (χ1n) is 5.45. The van der Waals surface area contributed by atoms with Crippen LogP contribution in [0, 0.1) is 6.92 Å². The third-order valence-electron chi connectivity index (χ3n) is 3.06. The standard InChI is InChI=1S/C10H12ClN5O/c1-5-8(11)15-10-12-4-13-16(10)9(5)14-6-2-7(17)3-6/h4,6-7,14,17H,2-3H2,1H3. The van der Waals surface area contributed by atoms with Crippen molar-refractivity contribution < 1.29 is 5.11 Å². The summed E-state index contributed by atoms with van der Waals surface area (Å²) in [6.07, 6.45) is 2.74. The van der Waals surface area contributed by atoms with E-state index in [0.717, 1.165) is 24.2 Å². The summed E-state index contributed by atoms with van der Waals surface area (Å²) in [6.45, 7) is 1.88. The number of hydrogen-bond donors (Lipinski definition) is 2. The molecule has 1 aliphatic rings. The molecular formula is C10H12ClN5O. The summed E-state index contributed by atoms with van der Waals surface area (Å²) in [5.74, 6) is 1.28. The second-order valence-electron chi connectivity index (χ2n) is 4.31. The van der Waals surface area contributed by atoms with E-state index in [1.165, 1.54) is 6.33 Å². The highest BCUT2D eigenvalue weighted by Crippen LogP contribution is 2.28. The maximum atomic E-state index is 9.28. The zero-order valence-electron chi connectivity index (χ0n) is 9.26. The van der Waals surface area contributed by atoms with Gasteiger partial charge in [0.2, 0.25) is 0 Å². The molecular weight excluding hydrogens is 242 g/mol. The number of halogens is 1. The van der Waals surface area contributed by atoms with Gasteiger partial charge in [-0.2, -0.15) is 19.6 Å². The number of nitrogens with one attached hydrogen (secondary N) is 1. The minimum absolute atomic E-state index is 0.198. The van der Waals surface area contributed by atoms with E-state index in [2.05, 4.69) is 20.4 Å². The van der Waals surface area contributed by atoms with Gasteiger partial charge < -0.3 is 10.4 Å². The Kier molecular flexibility index (Phi) is 2.41. The number of hydrogen-bond acceptors (Lipinski definition) is 5. The number of aliphatic hydroxyl groups excluding tert-OH is 1. The Morgan fingerprint density at radius 1 is 1.53 bits per heavy atom. The monoisotopic (exact) mass is 253 g/mol. The Labute approximate surface area is 103 Å². The molecule has 1 saturated carbocycles. The fourth-order valence-corrected chi connectivity index (χ4v) is 2.13. The Balaban J connectivity index is 2.01. The van der Waals surface area contributed by atoms with Crippen molar-refractivity contribution in [1.29, 1.82) is 0 Å². The third-order valence-corrected chi connectivity index (χ3v) is 3.43. The summed E-state index contributed by atoms with van der Waals surface area (Å²) in [7, 11) is 0. The summed E-state index contributed by atoms with van der Waals surface area (Å²) >= 11 is 6.04. The predicted octanol–water partition coefficient (Wildman–Crippen LogP) is 1.02. The lowest BCUT2D eigenvalue weighted by molar-refractivity contribution is 0.0834. The molecule has 0 unspecified atom stereocenters.